The van der Waals surface area contributed by atoms with E-state index in [0.29, 0.717) is 39.3 Å². The van der Waals surface area contributed by atoms with Crippen molar-refractivity contribution in [2.45, 2.75) is 69.4 Å². The molecule has 2 fully saturated rings. The number of aliphatic hydroxyl groups is 2. The van der Waals surface area contributed by atoms with E-state index in [4.69, 9.17) is 4.74 Å². The maximum absolute atomic E-state index is 13.7. The van der Waals surface area contributed by atoms with Crippen molar-refractivity contribution in [2.24, 2.45) is 5.41 Å². The van der Waals surface area contributed by atoms with Gasteiger partial charge in [-0.15, -0.1) is 27.8 Å². The molecular weight excluding hydrogens is 773 g/mol. The van der Waals surface area contributed by atoms with Crippen LogP contribution < -0.4 is 10.9 Å². The smallest absolute Gasteiger partial charge is 0.349 e. The first-order valence-corrected chi connectivity index (χ1v) is 21.7. The van der Waals surface area contributed by atoms with Crippen LogP contribution in [0.2, 0.25) is 0 Å². The standard InChI is InChI=1S/C44H44N6O6S2/c51-34-13-11-30(31-12-14-39(53)46-40(31)34)35(52)23-45-22-27-18-33-41(32-8-3-7-29(27)32)50(48-47-33)16-5-15-49-24-43(25-49)20-28(21-43)56-42(54)44(55,37-10-4-17-57-37)38-19-26-6-1-2-9-36(26)58-38/h1-2,4,6,9-14,17-19,28,35,45,51-52,55H,3,5,7-8,15-16,20-25H2,(H,46,53)/t35-,44-/m0/s1. The normalized spacial score (nSPS) is 18.0. The third kappa shape index (κ3) is 6.52. The number of nitrogens with one attached hydrogen (secondary N) is 2. The molecule has 12 nitrogen and oxygen atoms in total. The fourth-order valence-corrected chi connectivity index (χ4v) is 11.7. The number of hydrogen-bond donors (Lipinski definition) is 5. The van der Waals surface area contributed by atoms with E-state index in [0.717, 1.165) is 85.8 Å². The highest BCUT2D eigenvalue weighted by atomic mass is 32.1. The van der Waals surface area contributed by atoms with Gasteiger partial charge in [-0.1, -0.05) is 35.5 Å². The Hall–Kier alpha value is -4.96. The summed E-state index contributed by atoms with van der Waals surface area (Å²) in [6, 6.07) is 21.8. The number of aliphatic hydroxyl groups excluding tert-OH is 1. The summed E-state index contributed by atoms with van der Waals surface area (Å²) < 4.78 is 9.13. The molecule has 1 spiro atoms. The highest BCUT2D eigenvalue weighted by molar-refractivity contribution is 7.19. The van der Waals surface area contributed by atoms with Crippen LogP contribution in [0.15, 0.2) is 83.0 Å². The topological polar surface area (TPSA) is 166 Å². The Kier molecular flexibility index (Phi) is 9.46. The number of likely N-dealkylation sites (tertiary alicyclic amines) is 1. The molecule has 7 aromatic rings. The minimum Gasteiger partial charge on any atom is -0.506 e. The molecule has 1 saturated carbocycles. The number of aromatic hydroxyl groups is 1. The Labute approximate surface area is 341 Å². The van der Waals surface area contributed by atoms with Gasteiger partial charge in [-0.25, -0.2) is 9.48 Å². The van der Waals surface area contributed by atoms with Gasteiger partial charge in [-0.2, -0.15) is 0 Å². The number of esters is 1. The Balaban J connectivity index is 0.724. The second-order valence-corrected chi connectivity index (χ2v) is 18.3. The van der Waals surface area contributed by atoms with Gasteiger partial charge in [0.1, 0.15) is 17.4 Å². The summed E-state index contributed by atoms with van der Waals surface area (Å²) in [5.74, 6) is -0.623. The molecule has 2 atom stereocenters. The van der Waals surface area contributed by atoms with Gasteiger partial charge in [0, 0.05) is 54.3 Å². The Bertz CT molecular complexity index is 2700. The van der Waals surface area contributed by atoms with Gasteiger partial charge < -0.3 is 35.3 Å². The Morgan fingerprint density at radius 1 is 1.03 bits per heavy atom. The molecule has 0 unspecified atom stereocenters. The van der Waals surface area contributed by atoms with E-state index in [-0.39, 0.29) is 22.8 Å². The number of ether oxygens (including phenoxy) is 1. The number of carbonyl (C=O) groups excluding carboxylic acids is 1. The zero-order valence-corrected chi connectivity index (χ0v) is 33.5. The second-order valence-electron chi connectivity index (χ2n) is 16.3. The zero-order chi connectivity index (χ0) is 39.6. The summed E-state index contributed by atoms with van der Waals surface area (Å²) >= 11 is 2.80. The van der Waals surface area contributed by atoms with E-state index in [9.17, 15) is 24.9 Å². The van der Waals surface area contributed by atoms with Crippen molar-refractivity contribution in [2.75, 3.05) is 26.2 Å². The van der Waals surface area contributed by atoms with Gasteiger partial charge in [-0.3, -0.25) is 4.79 Å². The molecule has 0 bridgehead atoms. The predicted octanol–water partition coefficient (Wildman–Crippen LogP) is 5.90. The average molecular weight is 817 g/mol. The second kappa shape index (κ2) is 14.7. The van der Waals surface area contributed by atoms with E-state index in [1.54, 1.807) is 18.2 Å². The van der Waals surface area contributed by atoms with Crippen LogP contribution in [-0.4, -0.2) is 78.4 Å². The van der Waals surface area contributed by atoms with Crippen LogP contribution in [-0.2, 0) is 41.1 Å². The highest BCUT2D eigenvalue weighted by Crippen LogP contribution is 2.51. The lowest BCUT2D eigenvalue weighted by Gasteiger charge is -2.58. The van der Waals surface area contributed by atoms with Crippen molar-refractivity contribution < 1.29 is 24.9 Å². The molecule has 4 aromatic heterocycles. The predicted molar refractivity (Wildman–Crippen MR) is 224 cm³/mol. The monoisotopic (exact) mass is 816 g/mol. The number of aromatic amines is 1. The minimum absolute atomic E-state index is 0.0311. The summed E-state index contributed by atoms with van der Waals surface area (Å²) in [5.41, 5.74) is 4.84. The first-order valence-electron chi connectivity index (χ1n) is 20.0. The Morgan fingerprint density at radius 3 is 2.71 bits per heavy atom. The number of phenols is 1. The number of phenolic OH excluding ortho intramolecular Hbond substituents is 1. The van der Waals surface area contributed by atoms with Crippen molar-refractivity contribution in [3.63, 3.8) is 0 Å². The number of hydrogen-bond acceptors (Lipinski definition) is 12. The molecule has 0 amide bonds. The minimum atomic E-state index is -1.82. The SMILES string of the molecule is O=C(OC1CC2(C1)CN(CCCn1nnc3cc(CNC[C@H](O)c4ccc(O)c5[nH]c(=O)ccc45)c4c(c31)CCC4)C2)[C@](O)(c1cccs1)c1cc2ccccc2s1. The number of thiophene rings is 2. The molecule has 58 heavy (non-hydrogen) atoms. The van der Waals surface area contributed by atoms with Gasteiger partial charge in [0.25, 0.3) is 0 Å². The molecule has 14 heteroatoms. The Morgan fingerprint density at radius 2 is 1.88 bits per heavy atom. The number of aromatic nitrogens is 4. The number of carbonyl (C=O) groups is 1. The highest BCUT2D eigenvalue weighted by Gasteiger charge is 2.55. The molecule has 5 heterocycles. The number of rotatable bonds is 13. The number of H-pyrrole nitrogens is 1. The molecule has 2 aliphatic carbocycles. The molecule has 0 radical (unpaired) electrons. The van der Waals surface area contributed by atoms with E-state index < -0.39 is 17.7 Å². The lowest BCUT2D eigenvalue weighted by molar-refractivity contribution is -0.191. The first kappa shape index (κ1) is 37.3. The van der Waals surface area contributed by atoms with Gasteiger partial charge >= 0.3 is 5.97 Å². The first-order chi connectivity index (χ1) is 28.2. The number of aryl methyl sites for hydroxylation is 2. The van der Waals surface area contributed by atoms with Crippen molar-refractivity contribution in [1.82, 2.24) is 30.2 Å². The van der Waals surface area contributed by atoms with Crippen LogP contribution in [0.4, 0.5) is 0 Å². The van der Waals surface area contributed by atoms with E-state index in [1.165, 1.54) is 51.5 Å². The summed E-state index contributed by atoms with van der Waals surface area (Å²) in [5, 5.41) is 49.3. The quantitative estimate of drug-likeness (QED) is 0.0886. The maximum Gasteiger partial charge on any atom is 0.349 e. The summed E-state index contributed by atoms with van der Waals surface area (Å²) in [6.45, 7) is 4.57. The average Bonchev–Trinajstić information content (AvgIpc) is 4.03. The zero-order valence-electron chi connectivity index (χ0n) is 31.8. The molecule has 3 aromatic carbocycles. The van der Waals surface area contributed by atoms with Crippen LogP contribution in [0.5, 0.6) is 5.75 Å². The number of nitrogens with zero attached hydrogens (tertiary/aromatic N) is 4. The molecule has 5 N–H and O–H groups in total. The lowest BCUT2D eigenvalue weighted by atomic mass is 9.61. The number of pyridine rings is 1. The third-order valence-electron chi connectivity index (χ3n) is 12.4. The van der Waals surface area contributed by atoms with Crippen molar-refractivity contribution in [1.29, 1.82) is 0 Å². The van der Waals surface area contributed by atoms with Crippen molar-refractivity contribution in [3.8, 4) is 5.75 Å². The largest absolute Gasteiger partial charge is 0.506 e. The van der Waals surface area contributed by atoms with Gasteiger partial charge in [-0.05, 0) is 114 Å². The molecule has 1 saturated heterocycles. The summed E-state index contributed by atoms with van der Waals surface area (Å²) in [7, 11) is 0. The van der Waals surface area contributed by atoms with Crippen LogP contribution in [0, 0.1) is 5.41 Å². The van der Waals surface area contributed by atoms with Crippen LogP contribution in [0.25, 0.3) is 32.0 Å². The molecule has 298 valence electrons. The van der Waals surface area contributed by atoms with Gasteiger partial charge in [0.15, 0.2) is 0 Å². The van der Waals surface area contributed by atoms with Crippen molar-refractivity contribution >= 4 is 60.7 Å². The van der Waals surface area contributed by atoms with E-state index >= 15 is 0 Å². The lowest BCUT2D eigenvalue weighted by Crippen LogP contribution is -2.64. The van der Waals surface area contributed by atoms with Gasteiger partial charge in [0.05, 0.1) is 26.9 Å². The van der Waals surface area contributed by atoms with E-state index in [1.807, 2.05) is 41.8 Å². The van der Waals surface area contributed by atoms with Crippen molar-refractivity contribution in [3.05, 3.63) is 121 Å². The fourth-order valence-electron chi connectivity index (χ4n) is 9.62. The molecule has 1 aliphatic heterocycles. The fraction of sp³-hybridized carbons (Fsp3) is 0.364. The summed E-state index contributed by atoms with van der Waals surface area (Å²) in [4.78, 5) is 31.8. The number of benzene rings is 3. The van der Waals surface area contributed by atoms with Crippen LogP contribution >= 0.6 is 22.7 Å². The molecule has 10 rings (SSSR count). The molecular formula is C44H44N6O6S2. The van der Waals surface area contributed by atoms with Gasteiger partial charge in [0.2, 0.25) is 11.2 Å². The summed E-state index contributed by atoms with van der Waals surface area (Å²) in [6.07, 6.45) is 4.61. The maximum atomic E-state index is 13.7. The van der Waals surface area contributed by atoms with Crippen LogP contribution in [0.1, 0.15) is 63.8 Å². The molecule has 3 aliphatic rings. The van der Waals surface area contributed by atoms with Crippen LogP contribution in [0.3, 0.4) is 0 Å². The van der Waals surface area contributed by atoms with E-state index in [2.05, 4.69) is 36.3 Å². The number of fused-ring (bicyclic) bond motifs is 5. The third-order valence-corrected chi connectivity index (χ3v) is 14.6.